The SMILES string of the molecule is C=C(N[C@]1(C(=O)OC)CC1/C=C\CCCCC)C1C[C@@H](Oc2cc(C(=O)CC)nc3c(SC)cccc23)CN1C(=C)CNC(=O)CC1CCCC1.CC. The summed E-state index contributed by atoms with van der Waals surface area (Å²) < 4.78 is 12.1. The Hall–Kier alpha value is -3.79. The van der Waals surface area contributed by atoms with Crippen LogP contribution in [0, 0.1) is 11.8 Å². The predicted molar refractivity (Wildman–Crippen MR) is 216 cm³/mol. The van der Waals surface area contributed by atoms with E-state index < -0.39 is 5.54 Å². The van der Waals surface area contributed by atoms with Crippen molar-refractivity contribution in [1.82, 2.24) is 20.5 Å². The summed E-state index contributed by atoms with van der Waals surface area (Å²) in [6, 6.07) is 7.45. The van der Waals surface area contributed by atoms with Crippen molar-refractivity contribution < 1.29 is 23.9 Å². The molecule has 1 aromatic heterocycles. The van der Waals surface area contributed by atoms with Gasteiger partial charge in [-0.3, -0.25) is 9.59 Å². The van der Waals surface area contributed by atoms with Gasteiger partial charge in [-0.25, -0.2) is 9.78 Å². The molecular formula is C43H62N4O5S. The molecule has 3 fully saturated rings. The Kier molecular flexibility index (Phi) is 15.9. The topological polar surface area (TPSA) is 110 Å². The van der Waals surface area contributed by atoms with Crippen molar-refractivity contribution in [2.24, 2.45) is 11.8 Å². The zero-order chi connectivity index (χ0) is 38.5. The summed E-state index contributed by atoms with van der Waals surface area (Å²) in [6.07, 6.45) is 17.1. The van der Waals surface area contributed by atoms with Gasteiger partial charge in [-0.1, -0.05) is 84.8 Å². The number of esters is 1. The van der Waals surface area contributed by atoms with Crippen LogP contribution in [0.2, 0.25) is 0 Å². The van der Waals surface area contributed by atoms with E-state index in [2.05, 4.69) is 47.8 Å². The summed E-state index contributed by atoms with van der Waals surface area (Å²) in [7, 11) is 1.43. The number of allylic oxidation sites excluding steroid dienone is 1. The molecule has 2 heterocycles. The average Bonchev–Trinajstić information content (AvgIpc) is 3.45. The highest BCUT2D eigenvalue weighted by atomic mass is 32.2. The molecule has 4 atom stereocenters. The van der Waals surface area contributed by atoms with E-state index in [9.17, 15) is 14.4 Å². The number of fused-ring (bicyclic) bond motifs is 1. The van der Waals surface area contributed by atoms with Crippen LogP contribution in [0.1, 0.15) is 115 Å². The Morgan fingerprint density at radius 3 is 2.57 bits per heavy atom. The number of unbranched alkanes of at least 4 members (excludes halogenated alkanes) is 3. The molecule has 2 aliphatic carbocycles. The molecule has 290 valence electrons. The van der Waals surface area contributed by atoms with E-state index >= 15 is 0 Å². The van der Waals surface area contributed by atoms with Gasteiger partial charge in [-0.2, -0.15) is 0 Å². The second-order valence-electron chi connectivity index (χ2n) is 14.3. The summed E-state index contributed by atoms with van der Waals surface area (Å²) in [5.41, 5.74) is 1.68. The Morgan fingerprint density at radius 2 is 1.89 bits per heavy atom. The number of ether oxygens (including phenoxy) is 2. The number of pyridine rings is 1. The van der Waals surface area contributed by atoms with Crippen molar-refractivity contribution in [3.63, 3.8) is 0 Å². The maximum absolute atomic E-state index is 13.2. The van der Waals surface area contributed by atoms with Crippen molar-refractivity contribution >= 4 is 40.3 Å². The van der Waals surface area contributed by atoms with E-state index in [4.69, 9.17) is 14.5 Å². The zero-order valence-corrected chi connectivity index (χ0v) is 33.7. The number of thioether (sulfide) groups is 1. The van der Waals surface area contributed by atoms with E-state index in [0.717, 1.165) is 53.6 Å². The Bertz CT molecular complexity index is 1640. The zero-order valence-electron chi connectivity index (χ0n) is 32.9. The molecule has 1 amide bonds. The molecule has 1 aromatic carbocycles. The molecule has 1 saturated heterocycles. The second kappa shape index (κ2) is 20.0. The number of benzene rings is 1. The highest BCUT2D eigenvalue weighted by molar-refractivity contribution is 7.98. The summed E-state index contributed by atoms with van der Waals surface area (Å²) in [4.78, 5) is 46.8. The first kappa shape index (κ1) is 42.0. The van der Waals surface area contributed by atoms with Gasteiger partial charge in [0.15, 0.2) is 5.78 Å². The molecule has 3 aliphatic rings. The van der Waals surface area contributed by atoms with Gasteiger partial charge in [0.2, 0.25) is 5.91 Å². The summed E-state index contributed by atoms with van der Waals surface area (Å²) in [6.45, 7) is 17.7. The minimum Gasteiger partial charge on any atom is -0.488 e. The molecule has 10 heteroatoms. The van der Waals surface area contributed by atoms with Crippen LogP contribution in [-0.4, -0.2) is 71.7 Å². The van der Waals surface area contributed by atoms with Gasteiger partial charge in [0, 0.05) is 52.9 Å². The minimum absolute atomic E-state index is 0.00615. The standard InChI is InChI=1S/C41H56N4O5S.C2H6/c1-7-9-10-11-12-18-30-24-41(30,40(48)49-5)44-28(4)34-22-31(26-45(34)27(3)25-42-38(47)21-29-16-13-14-17-29)50-36-23-33(35(46)8-2)43-39-32(36)19-15-20-37(39)51-6;1-2/h12,15,18-20,23,29-31,34,44H,3-4,7-11,13-14,16-17,21-22,24-26H2,1-2,5-6H3,(H,42,47);1-2H3/b18-12-;/t30?,31-,34?,41-;/m1./s1. The van der Waals surface area contributed by atoms with Crippen LogP contribution in [-0.2, 0) is 14.3 Å². The molecular weight excluding hydrogens is 685 g/mol. The van der Waals surface area contributed by atoms with Crippen LogP contribution < -0.4 is 15.4 Å². The van der Waals surface area contributed by atoms with Crippen LogP contribution in [0.3, 0.4) is 0 Å². The number of ketones is 1. The minimum atomic E-state index is -0.876. The monoisotopic (exact) mass is 746 g/mol. The predicted octanol–water partition coefficient (Wildman–Crippen LogP) is 8.78. The molecule has 0 bridgehead atoms. The highest BCUT2D eigenvalue weighted by Crippen LogP contribution is 2.47. The number of nitrogens with zero attached hydrogens (tertiary/aromatic N) is 2. The summed E-state index contributed by atoms with van der Waals surface area (Å²) in [5.74, 6) is 0.756. The number of amides is 1. The lowest BCUT2D eigenvalue weighted by Gasteiger charge is -2.32. The Labute approximate surface area is 321 Å². The normalized spacial score (nSPS) is 22.3. The number of rotatable bonds is 19. The van der Waals surface area contributed by atoms with Crippen molar-refractivity contribution in [3.05, 3.63) is 66.7 Å². The van der Waals surface area contributed by atoms with Crippen molar-refractivity contribution in [1.29, 1.82) is 0 Å². The fourth-order valence-corrected chi connectivity index (χ4v) is 8.21. The summed E-state index contributed by atoms with van der Waals surface area (Å²) >= 11 is 1.58. The number of hydrogen-bond donors (Lipinski definition) is 2. The number of nitrogens with one attached hydrogen (secondary N) is 2. The number of Topliss-reactive ketones (excluding diaryl/α,β-unsaturated/α-hetero) is 1. The largest absolute Gasteiger partial charge is 0.488 e. The fourth-order valence-electron chi connectivity index (χ4n) is 7.64. The van der Waals surface area contributed by atoms with Crippen molar-refractivity contribution in [2.75, 3.05) is 26.5 Å². The van der Waals surface area contributed by atoms with Crippen LogP contribution in [0.15, 0.2) is 65.9 Å². The number of para-hydroxylation sites is 1. The van der Waals surface area contributed by atoms with Gasteiger partial charge in [0.1, 0.15) is 23.1 Å². The first-order valence-electron chi connectivity index (χ1n) is 19.7. The summed E-state index contributed by atoms with van der Waals surface area (Å²) in [5, 5.41) is 7.46. The molecule has 2 aromatic rings. The van der Waals surface area contributed by atoms with Gasteiger partial charge >= 0.3 is 5.97 Å². The molecule has 1 aliphatic heterocycles. The van der Waals surface area contributed by atoms with E-state index in [-0.39, 0.29) is 35.7 Å². The van der Waals surface area contributed by atoms with Gasteiger partial charge < -0.3 is 25.0 Å². The molecule has 0 spiro atoms. The smallest absolute Gasteiger partial charge is 0.332 e. The van der Waals surface area contributed by atoms with E-state index in [1.807, 2.05) is 45.2 Å². The number of carbonyl (C=O) groups excluding carboxylic acids is 3. The molecule has 53 heavy (non-hydrogen) atoms. The fraction of sp³-hybridized carbons (Fsp3) is 0.581. The van der Waals surface area contributed by atoms with Crippen molar-refractivity contribution in [2.45, 2.75) is 127 Å². The maximum Gasteiger partial charge on any atom is 0.332 e. The van der Waals surface area contributed by atoms with Gasteiger partial charge in [0.05, 0.1) is 31.8 Å². The molecule has 2 N–H and O–H groups in total. The van der Waals surface area contributed by atoms with E-state index in [0.29, 0.717) is 61.8 Å². The second-order valence-corrected chi connectivity index (χ2v) is 15.2. The van der Waals surface area contributed by atoms with E-state index in [1.54, 1.807) is 17.8 Å². The lowest BCUT2D eigenvalue weighted by Crippen LogP contribution is -2.46. The maximum atomic E-state index is 13.2. The number of methoxy groups -OCH3 is 1. The first-order valence-corrected chi connectivity index (χ1v) is 21.0. The van der Waals surface area contributed by atoms with Crippen LogP contribution >= 0.6 is 11.8 Å². The molecule has 9 nitrogen and oxygen atoms in total. The number of likely N-dealkylation sites (tertiary alicyclic amines) is 1. The van der Waals surface area contributed by atoms with Gasteiger partial charge in [0.25, 0.3) is 0 Å². The third-order valence-corrected chi connectivity index (χ3v) is 11.5. The molecule has 0 radical (unpaired) electrons. The molecule has 2 saturated carbocycles. The first-order chi connectivity index (χ1) is 25.6. The average molecular weight is 747 g/mol. The van der Waals surface area contributed by atoms with E-state index in [1.165, 1.54) is 26.4 Å². The van der Waals surface area contributed by atoms with Crippen molar-refractivity contribution in [3.8, 4) is 5.75 Å². The number of carbonyl (C=O) groups is 3. The van der Waals surface area contributed by atoms with Crippen LogP contribution in [0.25, 0.3) is 10.9 Å². The number of aromatic nitrogens is 1. The van der Waals surface area contributed by atoms with Crippen LogP contribution in [0.4, 0.5) is 0 Å². The quantitative estimate of drug-likeness (QED) is 0.0479. The van der Waals surface area contributed by atoms with Gasteiger partial charge in [-0.15, -0.1) is 11.8 Å². The third kappa shape index (κ3) is 10.5. The highest BCUT2D eigenvalue weighted by Gasteiger charge is 2.61. The molecule has 5 rings (SSSR count). The lowest BCUT2D eigenvalue weighted by molar-refractivity contribution is -0.144. The van der Waals surface area contributed by atoms with Crippen LogP contribution in [0.5, 0.6) is 5.75 Å². The third-order valence-electron chi connectivity index (χ3n) is 10.7. The Balaban J connectivity index is 0.00000308. The lowest BCUT2D eigenvalue weighted by atomic mass is 10.0. The number of hydrogen-bond acceptors (Lipinski definition) is 9. The Morgan fingerprint density at radius 1 is 1.13 bits per heavy atom. The van der Waals surface area contributed by atoms with Gasteiger partial charge in [-0.05, 0) is 56.4 Å². The molecule has 2 unspecified atom stereocenters.